The normalized spacial score (nSPS) is 12.1. The lowest BCUT2D eigenvalue weighted by atomic mass is 10.2. The number of thioether (sulfide) groups is 1. The van der Waals surface area contributed by atoms with Crippen molar-refractivity contribution in [2.45, 2.75) is 18.3 Å². The van der Waals surface area contributed by atoms with Crippen molar-refractivity contribution < 1.29 is 23.1 Å². The van der Waals surface area contributed by atoms with E-state index in [0.717, 1.165) is 16.9 Å². The number of nitrogens with zero attached hydrogens (tertiary/aromatic N) is 3. The molecule has 0 spiro atoms. The molecule has 0 N–H and O–H groups in total. The zero-order valence-corrected chi connectivity index (χ0v) is 17.8. The van der Waals surface area contributed by atoms with Gasteiger partial charge in [-0.3, -0.25) is 4.79 Å². The molecule has 0 aliphatic carbocycles. The first-order chi connectivity index (χ1) is 15.7. The molecule has 32 heavy (non-hydrogen) atoms. The molecule has 1 aliphatic heterocycles. The van der Waals surface area contributed by atoms with Gasteiger partial charge in [0.05, 0.1) is 18.6 Å². The highest BCUT2D eigenvalue weighted by atomic mass is 32.2. The first-order valence-electron chi connectivity index (χ1n) is 9.95. The third kappa shape index (κ3) is 4.62. The van der Waals surface area contributed by atoms with E-state index < -0.39 is 0 Å². The molecule has 0 fully saturated rings. The minimum Gasteiger partial charge on any atom is -0.467 e. The number of fused-ring (bicyclic) bond motifs is 1. The summed E-state index contributed by atoms with van der Waals surface area (Å²) in [7, 11) is 0. The van der Waals surface area contributed by atoms with Crippen molar-refractivity contribution in [3.8, 4) is 23.0 Å². The maximum atomic E-state index is 13.0. The number of furan rings is 1. The lowest BCUT2D eigenvalue weighted by Crippen LogP contribution is -2.31. The number of carbonyl (C=O) groups excluding carboxylic acids is 1. The van der Waals surface area contributed by atoms with Crippen LogP contribution in [0.15, 0.2) is 81.0 Å². The van der Waals surface area contributed by atoms with E-state index in [1.165, 1.54) is 11.8 Å². The van der Waals surface area contributed by atoms with Gasteiger partial charge in [0.15, 0.2) is 11.5 Å². The molecule has 3 heterocycles. The molecule has 5 rings (SSSR count). The van der Waals surface area contributed by atoms with E-state index in [4.69, 9.17) is 18.3 Å². The summed E-state index contributed by atoms with van der Waals surface area (Å²) in [6.07, 6.45) is 1.60. The van der Waals surface area contributed by atoms with Gasteiger partial charge >= 0.3 is 0 Å². The van der Waals surface area contributed by atoms with Crippen molar-refractivity contribution in [1.29, 1.82) is 0 Å². The molecular formula is C23H19N3O5S. The standard InChI is InChI=1S/C23H19N3O5S/c27-21(26(13-18-7-4-10-28-18)12-16-5-2-1-3-6-16)14-32-23-25-24-22(31-23)17-8-9-19-20(11-17)30-15-29-19/h1-11H,12-15H2. The Hall–Kier alpha value is -3.72. The van der Waals surface area contributed by atoms with Gasteiger partial charge in [0.1, 0.15) is 5.76 Å². The maximum Gasteiger partial charge on any atom is 0.277 e. The van der Waals surface area contributed by atoms with Gasteiger partial charge in [0.25, 0.3) is 5.22 Å². The number of benzene rings is 2. The Bertz CT molecular complexity index is 1190. The number of carbonyl (C=O) groups is 1. The zero-order valence-electron chi connectivity index (χ0n) is 17.0. The van der Waals surface area contributed by atoms with E-state index in [1.54, 1.807) is 23.3 Å². The van der Waals surface area contributed by atoms with Crippen molar-refractivity contribution in [2.75, 3.05) is 12.5 Å². The van der Waals surface area contributed by atoms with Crippen LogP contribution in [0, 0.1) is 0 Å². The van der Waals surface area contributed by atoms with E-state index in [0.29, 0.717) is 35.7 Å². The van der Waals surface area contributed by atoms with Crippen LogP contribution in [0.5, 0.6) is 11.5 Å². The molecule has 9 heteroatoms. The Morgan fingerprint density at radius 2 is 1.84 bits per heavy atom. The Balaban J connectivity index is 1.25. The average molecular weight is 449 g/mol. The predicted molar refractivity (Wildman–Crippen MR) is 116 cm³/mol. The quantitative estimate of drug-likeness (QED) is 0.366. The second-order valence-corrected chi connectivity index (χ2v) is 7.97. The molecule has 1 amide bonds. The molecule has 0 unspecified atom stereocenters. The number of ether oxygens (including phenoxy) is 2. The van der Waals surface area contributed by atoms with E-state index in [2.05, 4.69) is 10.2 Å². The van der Waals surface area contributed by atoms with E-state index in [-0.39, 0.29) is 18.5 Å². The number of rotatable bonds is 8. The Morgan fingerprint density at radius 1 is 0.969 bits per heavy atom. The van der Waals surface area contributed by atoms with Crippen LogP contribution in [0.4, 0.5) is 0 Å². The molecule has 4 aromatic rings. The Morgan fingerprint density at radius 3 is 2.69 bits per heavy atom. The molecule has 1 aliphatic rings. The first kappa shape index (κ1) is 20.2. The Kier molecular flexibility index (Phi) is 5.80. The highest BCUT2D eigenvalue weighted by molar-refractivity contribution is 7.99. The summed E-state index contributed by atoms with van der Waals surface area (Å²) in [5.41, 5.74) is 1.77. The van der Waals surface area contributed by atoms with Crippen molar-refractivity contribution in [2.24, 2.45) is 0 Å². The van der Waals surface area contributed by atoms with Gasteiger partial charge in [-0.1, -0.05) is 42.1 Å². The second kappa shape index (κ2) is 9.19. The van der Waals surface area contributed by atoms with Crippen LogP contribution in [0.2, 0.25) is 0 Å². The molecule has 0 saturated carbocycles. The molecule has 0 bridgehead atoms. The molecule has 2 aromatic heterocycles. The molecule has 2 aromatic carbocycles. The monoisotopic (exact) mass is 449 g/mol. The molecule has 0 atom stereocenters. The van der Waals surface area contributed by atoms with Crippen LogP contribution in [0.25, 0.3) is 11.5 Å². The summed E-state index contributed by atoms with van der Waals surface area (Å²) >= 11 is 1.20. The fourth-order valence-electron chi connectivity index (χ4n) is 3.26. The SMILES string of the molecule is O=C(CSc1nnc(-c2ccc3c(c2)OCO3)o1)N(Cc1ccccc1)Cc1ccco1. The van der Waals surface area contributed by atoms with Gasteiger partial charge in [-0.25, -0.2) is 0 Å². The fraction of sp³-hybridized carbons (Fsp3) is 0.174. The van der Waals surface area contributed by atoms with Crippen LogP contribution < -0.4 is 9.47 Å². The number of hydrogen-bond donors (Lipinski definition) is 0. The second-order valence-electron chi connectivity index (χ2n) is 7.04. The highest BCUT2D eigenvalue weighted by Gasteiger charge is 2.20. The zero-order chi connectivity index (χ0) is 21.8. The fourth-order valence-corrected chi connectivity index (χ4v) is 3.92. The van der Waals surface area contributed by atoms with Crippen molar-refractivity contribution in [3.63, 3.8) is 0 Å². The number of amides is 1. The summed E-state index contributed by atoms with van der Waals surface area (Å²) in [5.74, 6) is 2.51. The van der Waals surface area contributed by atoms with Gasteiger partial charge in [-0.2, -0.15) is 0 Å². The molecule has 0 radical (unpaired) electrons. The number of aromatic nitrogens is 2. The summed E-state index contributed by atoms with van der Waals surface area (Å²) in [6.45, 7) is 1.06. The van der Waals surface area contributed by atoms with Crippen LogP contribution in [0.1, 0.15) is 11.3 Å². The van der Waals surface area contributed by atoms with E-state index in [1.807, 2.05) is 48.5 Å². The molecule has 8 nitrogen and oxygen atoms in total. The van der Waals surface area contributed by atoms with Crippen molar-refractivity contribution in [1.82, 2.24) is 15.1 Å². The van der Waals surface area contributed by atoms with Gasteiger partial charge in [-0.05, 0) is 35.9 Å². The Labute approximate surface area is 188 Å². The molecule has 0 saturated heterocycles. The van der Waals surface area contributed by atoms with Crippen LogP contribution >= 0.6 is 11.8 Å². The van der Waals surface area contributed by atoms with Gasteiger partial charge in [-0.15, -0.1) is 10.2 Å². The molecule has 162 valence electrons. The number of hydrogen-bond acceptors (Lipinski definition) is 8. The maximum absolute atomic E-state index is 13.0. The van der Waals surface area contributed by atoms with Crippen molar-refractivity contribution in [3.05, 3.63) is 78.3 Å². The largest absolute Gasteiger partial charge is 0.467 e. The van der Waals surface area contributed by atoms with Gasteiger partial charge in [0, 0.05) is 12.1 Å². The summed E-state index contributed by atoms with van der Waals surface area (Å²) in [6, 6.07) is 18.9. The predicted octanol–water partition coefficient (Wildman–Crippen LogP) is 4.38. The first-order valence-corrected chi connectivity index (χ1v) is 10.9. The van der Waals surface area contributed by atoms with Crippen LogP contribution in [-0.4, -0.2) is 33.6 Å². The van der Waals surface area contributed by atoms with E-state index >= 15 is 0 Å². The third-order valence-corrected chi connectivity index (χ3v) is 5.64. The summed E-state index contributed by atoms with van der Waals surface area (Å²) in [5, 5.41) is 8.47. The lowest BCUT2D eigenvalue weighted by Gasteiger charge is -2.21. The van der Waals surface area contributed by atoms with Gasteiger partial charge < -0.3 is 23.2 Å². The van der Waals surface area contributed by atoms with Crippen molar-refractivity contribution >= 4 is 17.7 Å². The molecular weight excluding hydrogens is 430 g/mol. The minimum absolute atomic E-state index is 0.0573. The van der Waals surface area contributed by atoms with Crippen LogP contribution in [0.3, 0.4) is 0 Å². The lowest BCUT2D eigenvalue weighted by molar-refractivity contribution is -0.129. The minimum atomic E-state index is -0.0573. The highest BCUT2D eigenvalue weighted by Crippen LogP contribution is 2.36. The van der Waals surface area contributed by atoms with E-state index in [9.17, 15) is 4.79 Å². The van der Waals surface area contributed by atoms with Gasteiger partial charge in [0.2, 0.25) is 18.6 Å². The van der Waals surface area contributed by atoms with Crippen LogP contribution in [-0.2, 0) is 17.9 Å². The topological polar surface area (TPSA) is 90.8 Å². The average Bonchev–Trinajstić information content (AvgIpc) is 3.59. The smallest absolute Gasteiger partial charge is 0.277 e. The summed E-state index contributed by atoms with van der Waals surface area (Å²) in [4.78, 5) is 14.7. The third-order valence-electron chi connectivity index (χ3n) is 4.84. The summed E-state index contributed by atoms with van der Waals surface area (Å²) < 4.78 is 21.9.